The molecule has 4 heteroatoms. The summed E-state index contributed by atoms with van der Waals surface area (Å²) in [4.78, 5) is 8.68. The molecule has 1 aliphatic carbocycles. The standard InChI is InChI=1S/C10H12N4/c11-5-7(12)10-6-13-8-3-1-2-4-9(8)14-10/h1-2,4,6,8,12H,3,5,11H2. The molecule has 0 bridgehead atoms. The highest BCUT2D eigenvalue weighted by Crippen LogP contribution is 2.20. The number of aliphatic imine (C=N–C) groups is 2. The number of hydrogen-bond donors (Lipinski definition) is 2. The van der Waals surface area contributed by atoms with Crippen LogP contribution in [-0.4, -0.2) is 30.2 Å². The van der Waals surface area contributed by atoms with Crippen LogP contribution in [0.15, 0.2) is 33.9 Å². The maximum absolute atomic E-state index is 7.55. The van der Waals surface area contributed by atoms with Crippen molar-refractivity contribution in [2.75, 3.05) is 6.54 Å². The van der Waals surface area contributed by atoms with E-state index < -0.39 is 0 Å². The predicted octanol–water partition coefficient (Wildman–Crippen LogP) is 0.703. The molecule has 0 spiro atoms. The zero-order valence-corrected chi connectivity index (χ0v) is 7.77. The second-order valence-corrected chi connectivity index (χ2v) is 3.23. The molecule has 1 heterocycles. The molecule has 0 aromatic rings. The van der Waals surface area contributed by atoms with Crippen molar-refractivity contribution in [3.05, 3.63) is 23.9 Å². The highest BCUT2D eigenvalue weighted by molar-refractivity contribution is 6.63. The molecule has 72 valence electrons. The van der Waals surface area contributed by atoms with Crippen molar-refractivity contribution in [3.63, 3.8) is 0 Å². The van der Waals surface area contributed by atoms with Crippen LogP contribution in [0.25, 0.3) is 0 Å². The molecule has 0 aromatic heterocycles. The molecule has 0 saturated heterocycles. The van der Waals surface area contributed by atoms with Crippen LogP contribution in [0.4, 0.5) is 0 Å². The van der Waals surface area contributed by atoms with Gasteiger partial charge in [-0.05, 0) is 12.5 Å². The average molecular weight is 188 g/mol. The Morgan fingerprint density at radius 3 is 3.29 bits per heavy atom. The van der Waals surface area contributed by atoms with Crippen LogP contribution in [-0.2, 0) is 0 Å². The van der Waals surface area contributed by atoms with E-state index in [1.165, 1.54) is 0 Å². The van der Waals surface area contributed by atoms with Gasteiger partial charge in [0, 0.05) is 12.8 Å². The SMILES string of the molecule is N=C(CN)C1=NC2=CC=CCC2N=C1. The second kappa shape index (κ2) is 3.67. The number of hydrogen-bond acceptors (Lipinski definition) is 4. The Balaban J connectivity index is 2.27. The summed E-state index contributed by atoms with van der Waals surface area (Å²) >= 11 is 0. The second-order valence-electron chi connectivity index (χ2n) is 3.23. The Hall–Kier alpha value is -1.55. The van der Waals surface area contributed by atoms with Crippen LogP contribution in [0.1, 0.15) is 6.42 Å². The van der Waals surface area contributed by atoms with Crippen molar-refractivity contribution in [2.24, 2.45) is 15.7 Å². The van der Waals surface area contributed by atoms with E-state index in [1.807, 2.05) is 12.2 Å². The lowest BCUT2D eigenvalue weighted by Crippen LogP contribution is -2.28. The lowest BCUT2D eigenvalue weighted by Gasteiger charge is -2.18. The van der Waals surface area contributed by atoms with E-state index in [-0.39, 0.29) is 12.6 Å². The van der Waals surface area contributed by atoms with Gasteiger partial charge >= 0.3 is 0 Å². The van der Waals surface area contributed by atoms with Gasteiger partial charge in [-0.1, -0.05) is 12.2 Å². The van der Waals surface area contributed by atoms with Crippen LogP contribution in [0.2, 0.25) is 0 Å². The maximum atomic E-state index is 7.55. The first-order valence-electron chi connectivity index (χ1n) is 4.57. The average Bonchev–Trinajstić information content (AvgIpc) is 2.27. The predicted molar refractivity (Wildman–Crippen MR) is 58.3 cm³/mol. The zero-order valence-electron chi connectivity index (χ0n) is 7.77. The molecule has 14 heavy (non-hydrogen) atoms. The van der Waals surface area contributed by atoms with E-state index in [2.05, 4.69) is 16.1 Å². The van der Waals surface area contributed by atoms with E-state index in [4.69, 9.17) is 11.1 Å². The van der Waals surface area contributed by atoms with E-state index in [0.29, 0.717) is 11.4 Å². The fraction of sp³-hybridized carbons (Fsp3) is 0.300. The molecule has 4 nitrogen and oxygen atoms in total. The van der Waals surface area contributed by atoms with Crippen molar-refractivity contribution < 1.29 is 0 Å². The van der Waals surface area contributed by atoms with Gasteiger partial charge < -0.3 is 11.1 Å². The maximum Gasteiger partial charge on any atom is 0.103 e. The molecule has 1 unspecified atom stereocenters. The third kappa shape index (κ3) is 1.56. The highest BCUT2D eigenvalue weighted by Gasteiger charge is 2.18. The fourth-order valence-electron chi connectivity index (χ4n) is 1.43. The van der Waals surface area contributed by atoms with Crippen LogP contribution in [0, 0.1) is 5.41 Å². The lowest BCUT2D eigenvalue weighted by molar-refractivity contribution is 0.766. The summed E-state index contributed by atoms with van der Waals surface area (Å²) in [6.45, 7) is 0.207. The largest absolute Gasteiger partial charge is 0.325 e. The number of fused-ring (bicyclic) bond motifs is 1. The van der Waals surface area contributed by atoms with Crippen molar-refractivity contribution >= 4 is 17.6 Å². The van der Waals surface area contributed by atoms with Gasteiger partial charge in [-0.25, -0.2) is 4.99 Å². The first kappa shape index (κ1) is 9.02. The van der Waals surface area contributed by atoms with E-state index in [9.17, 15) is 0 Å². The monoisotopic (exact) mass is 188 g/mol. The van der Waals surface area contributed by atoms with Gasteiger partial charge in [0.1, 0.15) is 5.71 Å². The van der Waals surface area contributed by atoms with Crippen LogP contribution < -0.4 is 5.73 Å². The molecular formula is C10H12N4. The Morgan fingerprint density at radius 1 is 1.64 bits per heavy atom. The van der Waals surface area contributed by atoms with Gasteiger partial charge in [0.25, 0.3) is 0 Å². The molecule has 1 atom stereocenters. The van der Waals surface area contributed by atoms with Gasteiger partial charge in [-0.3, -0.25) is 4.99 Å². The van der Waals surface area contributed by atoms with Crippen LogP contribution in [0.3, 0.4) is 0 Å². The molecule has 0 aromatic carbocycles. The quantitative estimate of drug-likeness (QED) is 0.615. The van der Waals surface area contributed by atoms with Crippen LogP contribution in [0.5, 0.6) is 0 Å². The van der Waals surface area contributed by atoms with Crippen molar-refractivity contribution in [2.45, 2.75) is 12.5 Å². The molecule has 2 aliphatic rings. The summed E-state index contributed by atoms with van der Waals surface area (Å²) in [6, 6.07) is 0.148. The Bertz CT molecular complexity index is 374. The number of rotatable bonds is 2. The topological polar surface area (TPSA) is 74.6 Å². The summed E-state index contributed by atoms with van der Waals surface area (Å²) < 4.78 is 0. The molecular weight excluding hydrogens is 176 g/mol. The molecule has 3 N–H and O–H groups in total. The van der Waals surface area contributed by atoms with Gasteiger partial charge in [0.2, 0.25) is 0 Å². The number of allylic oxidation sites excluding steroid dienone is 2. The van der Waals surface area contributed by atoms with Gasteiger partial charge in [0.05, 0.1) is 17.5 Å². The lowest BCUT2D eigenvalue weighted by atomic mass is 10.0. The third-order valence-electron chi connectivity index (χ3n) is 2.24. The van der Waals surface area contributed by atoms with Crippen molar-refractivity contribution in [1.82, 2.24) is 0 Å². The first-order chi connectivity index (χ1) is 6.81. The van der Waals surface area contributed by atoms with Crippen molar-refractivity contribution in [3.8, 4) is 0 Å². The Morgan fingerprint density at radius 2 is 2.50 bits per heavy atom. The van der Waals surface area contributed by atoms with Gasteiger partial charge in [-0.2, -0.15) is 0 Å². The summed E-state index contributed by atoms with van der Waals surface area (Å²) in [7, 11) is 0. The molecule has 2 rings (SSSR count). The minimum Gasteiger partial charge on any atom is -0.325 e. The molecule has 0 saturated carbocycles. The smallest absolute Gasteiger partial charge is 0.103 e. The highest BCUT2D eigenvalue weighted by atomic mass is 14.9. The fourth-order valence-corrected chi connectivity index (χ4v) is 1.43. The summed E-state index contributed by atoms with van der Waals surface area (Å²) in [5.74, 6) is 0. The summed E-state index contributed by atoms with van der Waals surface area (Å²) in [5.41, 5.74) is 7.23. The molecule has 0 radical (unpaired) electrons. The molecule has 0 fully saturated rings. The zero-order chi connectivity index (χ0) is 9.97. The van der Waals surface area contributed by atoms with Gasteiger partial charge in [0.15, 0.2) is 0 Å². The summed E-state index contributed by atoms with van der Waals surface area (Å²) in [6.07, 6.45) is 8.53. The van der Waals surface area contributed by atoms with E-state index in [0.717, 1.165) is 12.1 Å². The van der Waals surface area contributed by atoms with E-state index >= 15 is 0 Å². The van der Waals surface area contributed by atoms with Gasteiger partial charge in [-0.15, -0.1) is 0 Å². The summed E-state index contributed by atoms with van der Waals surface area (Å²) in [5, 5.41) is 7.55. The normalized spacial score (nSPS) is 23.9. The van der Waals surface area contributed by atoms with Crippen LogP contribution >= 0.6 is 0 Å². The third-order valence-corrected chi connectivity index (χ3v) is 2.24. The molecule has 1 aliphatic heterocycles. The number of nitrogens with two attached hydrogens (primary N) is 1. The van der Waals surface area contributed by atoms with Crippen molar-refractivity contribution in [1.29, 1.82) is 5.41 Å². The minimum atomic E-state index is 0.148. The molecule has 0 amide bonds. The van der Waals surface area contributed by atoms with E-state index in [1.54, 1.807) is 6.21 Å². The Kier molecular flexibility index (Phi) is 2.37. The number of nitrogens with one attached hydrogen (secondary N) is 1. The number of nitrogens with zero attached hydrogens (tertiary/aromatic N) is 2. The first-order valence-corrected chi connectivity index (χ1v) is 4.57. The minimum absolute atomic E-state index is 0.148. The Labute approximate surface area is 82.4 Å².